The zero-order valence-electron chi connectivity index (χ0n) is 20.4. The molecule has 0 atom stereocenters. The van der Waals surface area contributed by atoms with E-state index in [1.54, 1.807) is 0 Å². The number of hydrogen-bond acceptors (Lipinski definition) is 6. The Hall–Kier alpha value is -3.30. The van der Waals surface area contributed by atoms with Gasteiger partial charge in [-0.25, -0.2) is 4.79 Å². The molecule has 0 bridgehead atoms. The lowest BCUT2D eigenvalue weighted by atomic mass is 9.99. The molecule has 2 aliphatic rings. The van der Waals surface area contributed by atoms with Gasteiger partial charge in [-0.2, -0.15) is 0 Å². The molecule has 9 heteroatoms. The molecular formula is C26H32N4O5. The van der Waals surface area contributed by atoms with Crippen LogP contribution in [0.5, 0.6) is 11.5 Å². The van der Waals surface area contributed by atoms with Crippen molar-refractivity contribution in [2.75, 3.05) is 27.2 Å². The second-order valence-corrected chi connectivity index (χ2v) is 9.94. The van der Waals surface area contributed by atoms with E-state index in [2.05, 4.69) is 63.4 Å². The Bertz CT molecular complexity index is 1350. The number of nitrogens with zero attached hydrogens (tertiary/aromatic N) is 3. The lowest BCUT2D eigenvalue weighted by Crippen LogP contribution is -2.41. The van der Waals surface area contributed by atoms with E-state index in [4.69, 9.17) is 5.11 Å². The van der Waals surface area contributed by atoms with Gasteiger partial charge in [0.15, 0.2) is 5.75 Å². The van der Waals surface area contributed by atoms with Crippen LogP contribution in [0.2, 0.25) is 0 Å². The van der Waals surface area contributed by atoms with Crippen LogP contribution < -0.4 is 10.3 Å². The topological polar surface area (TPSA) is 111 Å². The number of aromatic nitrogens is 2. The average molecular weight is 481 g/mol. The molecular weight excluding hydrogens is 448 g/mol. The Morgan fingerprint density at radius 1 is 1.20 bits per heavy atom. The molecule has 186 valence electrons. The fraction of sp³-hybridized carbons (Fsp3) is 0.462. The first-order valence-corrected chi connectivity index (χ1v) is 12.1. The zero-order chi connectivity index (χ0) is 24.9. The Kier molecular flexibility index (Phi) is 6.06. The second-order valence-electron chi connectivity index (χ2n) is 9.94. The average Bonchev–Trinajstić information content (AvgIpc) is 3.00. The number of H-pyrrole nitrogens is 1. The normalized spacial score (nSPS) is 16.8. The predicted molar refractivity (Wildman–Crippen MR) is 133 cm³/mol. The third kappa shape index (κ3) is 4.30. The predicted octanol–water partition coefficient (Wildman–Crippen LogP) is 3.31. The number of piperidine rings is 1. The zero-order valence-corrected chi connectivity index (χ0v) is 20.4. The van der Waals surface area contributed by atoms with Crippen molar-refractivity contribution in [3.05, 3.63) is 45.4 Å². The van der Waals surface area contributed by atoms with Crippen molar-refractivity contribution in [2.45, 2.75) is 44.7 Å². The van der Waals surface area contributed by atoms with Gasteiger partial charge in [-0.3, -0.25) is 9.69 Å². The summed E-state index contributed by atoms with van der Waals surface area (Å²) in [7, 11) is 6.41. The Morgan fingerprint density at radius 2 is 1.94 bits per heavy atom. The fourth-order valence-corrected chi connectivity index (χ4v) is 5.62. The number of carbonyl (C=O) groups is 1. The van der Waals surface area contributed by atoms with Gasteiger partial charge in [-0.1, -0.05) is 0 Å². The van der Waals surface area contributed by atoms with Crippen molar-refractivity contribution >= 4 is 17.1 Å². The van der Waals surface area contributed by atoms with Crippen molar-refractivity contribution in [3.8, 4) is 22.8 Å². The molecule has 1 aliphatic carbocycles. The summed E-state index contributed by atoms with van der Waals surface area (Å²) < 4.78 is 6.82. The Morgan fingerprint density at radius 3 is 2.63 bits per heavy atom. The van der Waals surface area contributed by atoms with Gasteiger partial charge in [0.25, 0.3) is 5.56 Å². The summed E-state index contributed by atoms with van der Waals surface area (Å²) in [4.78, 5) is 31.2. The molecule has 1 aromatic carbocycles. The second kappa shape index (κ2) is 9.05. The van der Waals surface area contributed by atoms with Gasteiger partial charge in [-0.05, 0) is 70.0 Å². The third-order valence-corrected chi connectivity index (χ3v) is 7.62. The summed E-state index contributed by atoms with van der Waals surface area (Å²) in [5.41, 5.74) is 4.63. The smallest absolute Gasteiger partial charge is 0.504 e. The van der Waals surface area contributed by atoms with Crippen molar-refractivity contribution in [3.63, 3.8) is 0 Å². The molecule has 3 N–H and O–H groups in total. The maximum Gasteiger partial charge on any atom is 0.511 e. The molecule has 0 amide bonds. The molecule has 1 aliphatic heterocycles. The van der Waals surface area contributed by atoms with Crippen LogP contribution in [0.3, 0.4) is 0 Å². The largest absolute Gasteiger partial charge is 0.511 e. The number of benzene rings is 1. The first-order chi connectivity index (χ1) is 16.7. The van der Waals surface area contributed by atoms with Crippen LogP contribution in [-0.4, -0.2) is 68.9 Å². The summed E-state index contributed by atoms with van der Waals surface area (Å²) in [6.45, 7) is 3.05. The standard InChI is InChI=1S/C26H32N4O5/c1-28(2)17-7-9-30(10-8-17)14-18-11-16-12-20-15(13-21(16)29(18)3)5-4-6-19-22(20)27-25(32)24(23(19)31)35-26(33)34/h11-13,17H,4-10,14H2,1-3H3,(H,33,34)(H2,27,31,32). The number of pyridine rings is 1. The van der Waals surface area contributed by atoms with E-state index < -0.39 is 23.2 Å². The highest BCUT2D eigenvalue weighted by Gasteiger charge is 2.26. The highest BCUT2D eigenvalue weighted by Crippen LogP contribution is 2.40. The lowest BCUT2D eigenvalue weighted by Gasteiger charge is -2.35. The van der Waals surface area contributed by atoms with E-state index >= 15 is 0 Å². The minimum Gasteiger partial charge on any atom is -0.504 e. The quantitative estimate of drug-likeness (QED) is 0.491. The maximum atomic E-state index is 12.6. The van der Waals surface area contributed by atoms with Crippen LogP contribution in [0.25, 0.3) is 22.2 Å². The number of carboxylic acid groups (broad SMARTS) is 1. The summed E-state index contributed by atoms with van der Waals surface area (Å²) in [6, 6.07) is 7.11. The number of aromatic amines is 1. The van der Waals surface area contributed by atoms with Crippen molar-refractivity contribution in [1.82, 2.24) is 19.4 Å². The molecule has 5 rings (SSSR count). The molecule has 35 heavy (non-hydrogen) atoms. The number of hydrogen-bond donors (Lipinski definition) is 3. The van der Waals surface area contributed by atoms with E-state index in [1.807, 2.05) is 0 Å². The number of likely N-dealkylation sites (tertiary alicyclic amines) is 1. The van der Waals surface area contributed by atoms with Gasteiger partial charge in [0.2, 0.25) is 5.75 Å². The van der Waals surface area contributed by atoms with Gasteiger partial charge in [0.05, 0.1) is 5.69 Å². The molecule has 1 saturated heterocycles. The molecule has 0 saturated carbocycles. The Balaban J connectivity index is 1.51. The first kappa shape index (κ1) is 23.4. The summed E-state index contributed by atoms with van der Waals surface area (Å²) >= 11 is 0. The molecule has 0 unspecified atom stereocenters. The molecule has 2 aromatic heterocycles. The lowest BCUT2D eigenvalue weighted by molar-refractivity contribution is 0.138. The van der Waals surface area contributed by atoms with Crippen LogP contribution in [0.15, 0.2) is 23.0 Å². The number of rotatable bonds is 4. The van der Waals surface area contributed by atoms with Gasteiger partial charge in [0.1, 0.15) is 0 Å². The number of fused-ring (bicyclic) bond motifs is 4. The van der Waals surface area contributed by atoms with Crippen LogP contribution in [-0.2, 0) is 26.4 Å². The van der Waals surface area contributed by atoms with E-state index in [0.29, 0.717) is 23.7 Å². The van der Waals surface area contributed by atoms with Crippen LogP contribution in [0.1, 0.15) is 36.1 Å². The SMILES string of the molecule is CN(C)C1CCN(Cc2cc3cc4c(cc3n2C)CCCc2c-4[nH]c(=O)c(OC(=O)O)c2O)CC1. The molecule has 1 fully saturated rings. The van der Waals surface area contributed by atoms with Crippen LogP contribution >= 0.6 is 0 Å². The van der Waals surface area contributed by atoms with Gasteiger partial charge < -0.3 is 29.4 Å². The summed E-state index contributed by atoms with van der Waals surface area (Å²) in [6.07, 6.45) is 2.76. The number of aryl methyl sites for hydroxylation is 2. The minimum absolute atomic E-state index is 0.394. The van der Waals surface area contributed by atoms with E-state index in [1.165, 1.54) is 18.5 Å². The fourth-order valence-electron chi connectivity index (χ4n) is 5.62. The van der Waals surface area contributed by atoms with E-state index in [9.17, 15) is 14.7 Å². The van der Waals surface area contributed by atoms with Gasteiger partial charge >= 0.3 is 6.16 Å². The summed E-state index contributed by atoms with van der Waals surface area (Å²) in [5.74, 6) is -0.963. The molecule has 0 spiro atoms. The number of ether oxygens (including phenoxy) is 1. The van der Waals surface area contributed by atoms with Crippen LogP contribution in [0.4, 0.5) is 4.79 Å². The Labute approximate surface area is 203 Å². The highest BCUT2D eigenvalue weighted by molar-refractivity contribution is 5.89. The molecule has 9 nitrogen and oxygen atoms in total. The van der Waals surface area contributed by atoms with E-state index in [-0.39, 0.29) is 0 Å². The third-order valence-electron chi connectivity index (χ3n) is 7.62. The van der Waals surface area contributed by atoms with Gasteiger partial charge in [0, 0.05) is 60.4 Å². The van der Waals surface area contributed by atoms with Gasteiger partial charge in [-0.15, -0.1) is 0 Å². The monoisotopic (exact) mass is 480 g/mol. The molecule has 3 aromatic rings. The maximum absolute atomic E-state index is 12.6. The van der Waals surface area contributed by atoms with Crippen molar-refractivity contribution in [1.29, 1.82) is 0 Å². The minimum atomic E-state index is -1.63. The van der Waals surface area contributed by atoms with Crippen molar-refractivity contribution in [2.24, 2.45) is 7.05 Å². The first-order valence-electron chi connectivity index (χ1n) is 12.1. The molecule has 3 heterocycles. The van der Waals surface area contributed by atoms with E-state index in [0.717, 1.165) is 54.5 Å². The van der Waals surface area contributed by atoms with Crippen molar-refractivity contribution < 1.29 is 19.7 Å². The molecule has 0 radical (unpaired) electrons. The summed E-state index contributed by atoms with van der Waals surface area (Å²) in [5, 5.41) is 20.7. The highest BCUT2D eigenvalue weighted by atomic mass is 16.7. The van der Waals surface area contributed by atoms with Crippen LogP contribution in [0, 0.1) is 0 Å². The number of nitrogens with one attached hydrogen (secondary N) is 1. The number of aromatic hydroxyl groups is 1.